The van der Waals surface area contributed by atoms with Gasteiger partial charge in [-0.05, 0) is 48.6 Å². The minimum atomic E-state index is -1.90. The van der Waals surface area contributed by atoms with Gasteiger partial charge in [-0.3, -0.25) is 0 Å². The van der Waals surface area contributed by atoms with E-state index < -0.39 is 6.69 Å². The molecule has 0 aromatic heterocycles. The van der Waals surface area contributed by atoms with Crippen LogP contribution in [0, 0.1) is 23.7 Å². The molecular weight excluding hydrogens is 219 g/mol. The molecule has 2 rings (SSSR count). The van der Waals surface area contributed by atoms with Crippen molar-refractivity contribution < 1.29 is 0 Å². The summed E-state index contributed by atoms with van der Waals surface area (Å²) in [4.78, 5) is 0. The molecule has 13 heavy (non-hydrogen) atoms. The summed E-state index contributed by atoms with van der Waals surface area (Å²) < 4.78 is 0. The Hall–Kier alpha value is 0.797. The van der Waals surface area contributed by atoms with E-state index in [1.807, 2.05) is 0 Å². The van der Waals surface area contributed by atoms with E-state index in [1.165, 1.54) is 12.8 Å². The van der Waals surface area contributed by atoms with Crippen LogP contribution >= 0.6 is 22.2 Å². The SMILES string of the molecule is CC1C2CC(C1C)C([Si](C)(Cl)Cl)C2. The Labute approximate surface area is 91.4 Å². The third-order valence-corrected chi connectivity index (χ3v) is 8.20. The van der Waals surface area contributed by atoms with E-state index in [4.69, 9.17) is 22.2 Å². The van der Waals surface area contributed by atoms with Crippen LogP contribution in [-0.2, 0) is 0 Å². The molecule has 0 N–H and O–H groups in total. The molecule has 5 unspecified atom stereocenters. The highest BCUT2D eigenvalue weighted by atomic mass is 35.7. The van der Waals surface area contributed by atoms with Crippen LogP contribution in [0.5, 0.6) is 0 Å². The molecule has 0 radical (unpaired) electrons. The largest absolute Gasteiger partial charge is 0.251 e. The van der Waals surface area contributed by atoms with Gasteiger partial charge in [0.05, 0.1) is 0 Å². The fraction of sp³-hybridized carbons (Fsp3) is 1.00. The summed E-state index contributed by atoms with van der Waals surface area (Å²) in [5.74, 6) is 3.53. The summed E-state index contributed by atoms with van der Waals surface area (Å²) in [5.41, 5.74) is 0.673. The lowest BCUT2D eigenvalue weighted by atomic mass is 9.81. The molecule has 2 aliphatic carbocycles. The summed E-state index contributed by atoms with van der Waals surface area (Å²) in [6.07, 6.45) is 2.71. The predicted octanol–water partition coefficient (Wildman–Crippen LogP) is 4.22. The van der Waals surface area contributed by atoms with Gasteiger partial charge in [0, 0.05) is 0 Å². The maximum atomic E-state index is 6.35. The van der Waals surface area contributed by atoms with Gasteiger partial charge in [0.2, 0.25) is 0 Å². The minimum absolute atomic E-state index is 0.673. The second kappa shape index (κ2) is 3.14. The van der Waals surface area contributed by atoms with E-state index in [1.54, 1.807) is 0 Å². The molecule has 0 heterocycles. The highest BCUT2D eigenvalue weighted by Gasteiger charge is 2.54. The molecule has 5 atom stereocenters. The Morgan fingerprint density at radius 3 is 2.08 bits per heavy atom. The first-order chi connectivity index (χ1) is 5.91. The Balaban J connectivity index is 2.15. The van der Waals surface area contributed by atoms with Crippen molar-refractivity contribution >= 4 is 28.9 Å². The van der Waals surface area contributed by atoms with Gasteiger partial charge in [-0.15, -0.1) is 22.2 Å². The van der Waals surface area contributed by atoms with Gasteiger partial charge in [-0.2, -0.15) is 0 Å². The molecule has 2 bridgehead atoms. The van der Waals surface area contributed by atoms with Gasteiger partial charge in [0.25, 0.3) is 6.69 Å². The minimum Gasteiger partial charge on any atom is -0.146 e. The van der Waals surface area contributed by atoms with Crippen molar-refractivity contribution in [2.75, 3.05) is 0 Å². The maximum absolute atomic E-state index is 6.35. The topological polar surface area (TPSA) is 0 Å². The van der Waals surface area contributed by atoms with Crippen molar-refractivity contribution in [3.63, 3.8) is 0 Å². The molecule has 2 saturated carbocycles. The normalized spacial score (nSPS) is 50.1. The van der Waals surface area contributed by atoms with Crippen LogP contribution in [-0.4, -0.2) is 6.69 Å². The zero-order chi connectivity index (χ0) is 9.80. The first-order valence-electron chi connectivity index (χ1n) is 5.29. The predicted molar refractivity (Wildman–Crippen MR) is 61.6 cm³/mol. The van der Waals surface area contributed by atoms with Crippen LogP contribution in [0.1, 0.15) is 26.7 Å². The van der Waals surface area contributed by atoms with Crippen LogP contribution in [0.15, 0.2) is 0 Å². The molecule has 0 aromatic rings. The van der Waals surface area contributed by atoms with Crippen molar-refractivity contribution in [2.24, 2.45) is 23.7 Å². The molecule has 2 fully saturated rings. The summed E-state index contributed by atoms with van der Waals surface area (Å²) in [7, 11) is 0. The summed E-state index contributed by atoms with van der Waals surface area (Å²) in [6.45, 7) is 4.97. The smallest absolute Gasteiger partial charge is 0.146 e. The molecule has 3 heteroatoms. The van der Waals surface area contributed by atoms with Gasteiger partial charge < -0.3 is 0 Å². The summed E-state index contributed by atoms with van der Waals surface area (Å²) in [5, 5.41) is 0. The lowest BCUT2D eigenvalue weighted by Crippen LogP contribution is -2.32. The number of hydrogen-bond donors (Lipinski definition) is 0. The average molecular weight is 237 g/mol. The van der Waals surface area contributed by atoms with E-state index in [-0.39, 0.29) is 0 Å². The first-order valence-corrected chi connectivity index (χ1v) is 9.89. The number of rotatable bonds is 1. The second-order valence-corrected chi connectivity index (χ2v) is 13.1. The van der Waals surface area contributed by atoms with E-state index in [2.05, 4.69) is 20.4 Å². The Morgan fingerprint density at radius 1 is 1.08 bits per heavy atom. The van der Waals surface area contributed by atoms with Crippen LogP contribution in [0.3, 0.4) is 0 Å². The van der Waals surface area contributed by atoms with Gasteiger partial charge in [0.15, 0.2) is 0 Å². The average Bonchev–Trinajstić information content (AvgIpc) is 2.51. The fourth-order valence-corrected chi connectivity index (χ4v) is 6.94. The lowest BCUT2D eigenvalue weighted by Gasteiger charge is -2.35. The Morgan fingerprint density at radius 2 is 1.69 bits per heavy atom. The third kappa shape index (κ3) is 1.57. The van der Waals surface area contributed by atoms with Crippen molar-refractivity contribution in [3.8, 4) is 0 Å². The quantitative estimate of drug-likeness (QED) is 0.473. The first kappa shape index (κ1) is 10.3. The third-order valence-electron chi connectivity index (χ3n) is 4.55. The monoisotopic (exact) mass is 236 g/mol. The zero-order valence-electron chi connectivity index (χ0n) is 8.56. The van der Waals surface area contributed by atoms with Gasteiger partial charge in [-0.1, -0.05) is 13.8 Å². The molecule has 0 spiro atoms. The van der Waals surface area contributed by atoms with Crippen molar-refractivity contribution in [3.05, 3.63) is 0 Å². The molecule has 0 amide bonds. The van der Waals surface area contributed by atoms with E-state index in [0.717, 1.165) is 23.7 Å². The highest BCUT2D eigenvalue weighted by Crippen LogP contribution is 2.61. The van der Waals surface area contributed by atoms with Crippen molar-refractivity contribution in [1.29, 1.82) is 0 Å². The van der Waals surface area contributed by atoms with Crippen molar-refractivity contribution in [2.45, 2.75) is 38.8 Å². The Kier molecular flexibility index (Phi) is 2.50. The molecular formula is C10H18Cl2Si. The van der Waals surface area contributed by atoms with E-state index in [0.29, 0.717) is 5.54 Å². The van der Waals surface area contributed by atoms with E-state index in [9.17, 15) is 0 Å². The fourth-order valence-electron chi connectivity index (χ4n) is 3.52. The second-order valence-electron chi connectivity index (χ2n) is 5.18. The van der Waals surface area contributed by atoms with Crippen LogP contribution < -0.4 is 0 Å². The zero-order valence-corrected chi connectivity index (χ0v) is 11.1. The standard InChI is InChI=1S/C10H18Cl2Si/c1-6-7(2)9-4-8(6)5-10(9)13(3,11)12/h6-10H,4-5H2,1-3H3. The molecule has 0 aliphatic heterocycles. The van der Waals surface area contributed by atoms with Gasteiger partial charge >= 0.3 is 0 Å². The van der Waals surface area contributed by atoms with Gasteiger partial charge in [0.1, 0.15) is 0 Å². The van der Waals surface area contributed by atoms with Crippen LogP contribution in [0.25, 0.3) is 0 Å². The molecule has 0 nitrogen and oxygen atoms in total. The van der Waals surface area contributed by atoms with Gasteiger partial charge in [-0.25, -0.2) is 0 Å². The molecule has 2 aliphatic rings. The van der Waals surface area contributed by atoms with Crippen molar-refractivity contribution in [1.82, 2.24) is 0 Å². The summed E-state index contributed by atoms with van der Waals surface area (Å²) >= 11 is 12.7. The summed E-state index contributed by atoms with van der Waals surface area (Å²) in [6, 6.07) is 0. The van der Waals surface area contributed by atoms with E-state index >= 15 is 0 Å². The number of hydrogen-bond acceptors (Lipinski definition) is 0. The van der Waals surface area contributed by atoms with Crippen LogP contribution in [0.4, 0.5) is 0 Å². The highest BCUT2D eigenvalue weighted by molar-refractivity contribution is 7.45. The lowest BCUT2D eigenvalue weighted by molar-refractivity contribution is 0.258. The molecule has 0 aromatic carbocycles. The van der Waals surface area contributed by atoms with Crippen LogP contribution in [0.2, 0.25) is 12.1 Å². The number of fused-ring (bicyclic) bond motifs is 2. The molecule has 0 saturated heterocycles. The Bertz CT molecular complexity index is 209. The molecule has 76 valence electrons. The maximum Gasteiger partial charge on any atom is 0.251 e. The number of halogens is 2.